The molecule has 1 aromatic carbocycles. The maximum absolute atomic E-state index is 10.6. The molecule has 4 nitrogen and oxygen atoms in total. The van der Waals surface area contributed by atoms with Gasteiger partial charge in [-0.05, 0) is 37.0 Å². The van der Waals surface area contributed by atoms with E-state index in [1.54, 1.807) is 6.07 Å². The minimum atomic E-state index is -0.976. The number of rotatable bonds is 4. The third-order valence-corrected chi connectivity index (χ3v) is 2.43. The molecule has 0 unspecified atom stereocenters. The second kappa shape index (κ2) is 3.81. The van der Waals surface area contributed by atoms with Crippen molar-refractivity contribution >= 4 is 11.7 Å². The van der Waals surface area contributed by atoms with Crippen LogP contribution in [0.3, 0.4) is 0 Å². The van der Waals surface area contributed by atoms with Gasteiger partial charge in [-0.3, -0.25) is 0 Å². The first kappa shape index (κ1) is 9.83. The van der Waals surface area contributed by atoms with E-state index < -0.39 is 5.97 Å². The van der Waals surface area contributed by atoms with Gasteiger partial charge in [0.25, 0.3) is 0 Å². The van der Waals surface area contributed by atoms with Crippen molar-refractivity contribution < 1.29 is 14.6 Å². The SMILES string of the molecule is Nc1cc(C(=O)O)ccc1OCC1CC1. The molecular formula is C11H13NO3. The molecule has 0 heterocycles. The van der Waals surface area contributed by atoms with Gasteiger partial charge >= 0.3 is 5.97 Å². The number of nitrogen functional groups attached to an aromatic ring is 1. The number of hydrogen-bond acceptors (Lipinski definition) is 3. The van der Waals surface area contributed by atoms with Gasteiger partial charge < -0.3 is 15.6 Å². The van der Waals surface area contributed by atoms with Crippen molar-refractivity contribution in [1.29, 1.82) is 0 Å². The Balaban J connectivity index is 2.07. The highest BCUT2D eigenvalue weighted by Crippen LogP contribution is 2.31. The zero-order valence-electron chi connectivity index (χ0n) is 8.27. The van der Waals surface area contributed by atoms with Crippen molar-refractivity contribution in [3.63, 3.8) is 0 Å². The summed E-state index contributed by atoms with van der Waals surface area (Å²) < 4.78 is 5.48. The van der Waals surface area contributed by atoms with Gasteiger partial charge in [0, 0.05) is 0 Å². The lowest BCUT2D eigenvalue weighted by molar-refractivity contribution is 0.0697. The minimum absolute atomic E-state index is 0.186. The highest BCUT2D eigenvalue weighted by molar-refractivity contribution is 5.89. The van der Waals surface area contributed by atoms with Crippen LogP contribution in [0, 0.1) is 5.92 Å². The summed E-state index contributed by atoms with van der Waals surface area (Å²) in [6.45, 7) is 0.677. The van der Waals surface area contributed by atoms with Gasteiger partial charge in [-0.25, -0.2) is 4.79 Å². The molecule has 0 saturated heterocycles. The summed E-state index contributed by atoms with van der Waals surface area (Å²) in [7, 11) is 0. The Hall–Kier alpha value is -1.71. The monoisotopic (exact) mass is 207 g/mol. The number of carbonyl (C=O) groups is 1. The largest absolute Gasteiger partial charge is 0.491 e. The highest BCUT2D eigenvalue weighted by atomic mass is 16.5. The first-order chi connectivity index (χ1) is 7.16. The molecule has 4 heteroatoms. The molecule has 0 aliphatic heterocycles. The van der Waals surface area contributed by atoms with Gasteiger partial charge in [0.2, 0.25) is 0 Å². The summed E-state index contributed by atoms with van der Waals surface area (Å²) in [4.78, 5) is 10.6. The molecule has 0 atom stereocenters. The van der Waals surface area contributed by atoms with Crippen LogP contribution in [0.4, 0.5) is 5.69 Å². The number of hydrogen-bond donors (Lipinski definition) is 2. The molecule has 0 bridgehead atoms. The smallest absolute Gasteiger partial charge is 0.335 e. The van der Waals surface area contributed by atoms with Crippen LogP contribution in [-0.2, 0) is 0 Å². The van der Waals surface area contributed by atoms with E-state index in [0.29, 0.717) is 24.0 Å². The Kier molecular flexibility index (Phi) is 2.49. The van der Waals surface area contributed by atoms with Crippen LogP contribution in [0.25, 0.3) is 0 Å². The van der Waals surface area contributed by atoms with E-state index in [1.807, 2.05) is 0 Å². The standard InChI is InChI=1S/C11H13NO3/c12-9-5-8(11(13)14)3-4-10(9)15-6-7-1-2-7/h3-5,7H,1-2,6,12H2,(H,13,14). The lowest BCUT2D eigenvalue weighted by atomic mass is 10.2. The van der Waals surface area contributed by atoms with Gasteiger partial charge in [0.05, 0.1) is 17.9 Å². The second-order valence-corrected chi connectivity index (χ2v) is 3.81. The zero-order valence-corrected chi connectivity index (χ0v) is 8.27. The van der Waals surface area contributed by atoms with Crippen LogP contribution in [0.1, 0.15) is 23.2 Å². The van der Waals surface area contributed by atoms with Crippen molar-refractivity contribution in [2.45, 2.75) is 12.8 Å². The van der Waals surface area contributed by atoms with Crippen molar-refractivity contribution in [3.05, 3.63) is 23.8 Å². The first-order valence-corrected chi connectivity index (χ1v) is 4.92. The van der Waals surface area contributed by atoms with Gasteiger partial charge in [0.15, 0.2) is 0 Å². The third-order valence-electron chi connectivity index (χ3n) is 2.43. The summed E-state index contributed by atoms with van der Waals surface area (Å²) in [5, 5.41) is 8.73. The number of anilines is 1. The van der Waals surface area contributed by atoms with E-state index in [1.165, 1.54) is 25.0 Å². The van der Waals surface area contributed by atoms with Crippen molar-refractivity contribution in [2.24, 2.45) is 5.92 Å². The molecule has 80 valence electrons. The minimum Gasteiger partial charge on any atom is -0.491 e. The number of carboxylic acid groups (broad SMARTS) is 1. The predicted molar refractivity (Wildman–Crippen MR) is 56.0 cm³/mol. The second-order valence-electron chi connectivity index (χ2n) is 3.81. The normalized spacial score (nSPS) is 14.9. The topological polar surface area (TPSA) is 72.6 Å². The average Bonchev–Trinajstić information content (AvgIpc) is 2.99. The lowest BCUT2D eigenvalue weighted by Crippen LogP contribution is -2.03. The lowest BCUT2D eigenvalue weighted by Gasteiger charge is -2.08. The quantitative estimate of drug-likeness (QED) is 0.738. The Bertz CT molecular complexity index is 385. The molecule has 0 spiro atoms. The van der Waals surface area contributed by atoms with Crippen molar-refractivity contribution in [3.8, 4) is 5.75 Å². The summed E-state index contributed by atoms with van der Waals surface area (Å²) in [5.41, 5.74) is 6.25. The van der Waals surface area contributed by atoms with Gasteiger partial charge in [-0.15, -0.1) is 0 Å². The number of aromatic carboxylic acids is 1. The van der Waals surface area contributed by atoms with Crippen LogP contribution in [-0.4, -0.2) is 17.7 Å². The van der Waals surface area contributed by atoms with Gasteiger partial charge in [-0.2, -0.15) is 0 Å². The number of benzene rings is 1. The van der Waals surface area contributed by atoms with Crippen molar-refractivity contribution in [1.82, 2.24) is 0 Å². The fourth-order valence-corrected chi connectivity index (χ4v) is 1.31. The summed E-state index contributed by atoms with van der Waals surface area (Å²) in [6.07, 6.45) is 2.43. The summed E-state index contributed by atoms with van der Waals surface area (Å²) in [6, 6.07) is 4.53. The fourth-order valence-electron chi connectivity index (χ4n) is 1.31. The average molecular weight is 207 g/mol. The van der Waals surface area contributed by atoms with E-state index in [9.17, 15) is 4.79 Å². The first-order valence-electron chi connectivity index (χ1n) is 4.92. The molecule has 1 saturated carbocycles. The number of nitrogens with two attached hydrogens (primary N) is 1. The van der Waals surface area contributed by atoms with Crippen LogP contribution >= 0.6 is 0 Å². The Morgan fingerprint density at radius 3 is 2.80 bits per heavy atom. The van der Waals surface area contributed by atoms with Gasteiger partial charge in [0.1, 0.15) is 5.75 Å². The van der Waals surface area contributed by atoms with E-state index in [-0.39, 0.29) is 5.56 Å². The molecule has 0 amide bonds. The van der Waals surface area contributed by atoms with E-state index in [2.05, 4.69) is 0 Å². The van der Waals surface area contributed by atoms with E-state index >= 15 is 0 Å². The molecule has 0 aromatic heterocycles. The summed E-state index contributed by atoms with van der Waals surface area (Å²) >= 11 is 0. The number of ether oxygens (including phenoxy) is 1. The van der Waals surface area contributed by atoms with Crippen LogP contribution in [0.15, 0.2) is 18.2 Å². The Labute approximate surface area is 87.7 Å². The molecule has 1 fully saturated rings. The van der Waals surface area contributed by atoms with Crippen molar-refractivity contribution in [2.75, 3.05) is 12.3 Å². The molecule has 3 N–H and O–H groups in total. The van der Waals surface area contributed by atoms with Gasteiger partial charge in [-0.1, -0.05) is 0 Å². The molecule has 2 rings (SSSR count). The fraction of sp³-hybridized carbons (Fsp3) is 0.364. The van der Waals surface area contributed by atoms with E-state index in [4.69, 9.17) is 15.6 Å². The maximum atomic E-state index is 10.6. The third kappa shape index (κ3) is 2.40. The molecule has 15 heavy (non-hydrogen) atoms. The predicted octanol–water partition coefficient (Wildman–Crippen LogP) is 1.76. The van der Waals surface area contributed by atoms with Crippen LogP contribution in [0.5, 0.6) is 5.75 Å². The Morgan fingerprint density at radius 2 is 2.27 bits per heavy atom. The molecule has 1 aromatic rings. The highest BCUT2D eigenvalue weighted by Gasteiger charge is 2.22. The van der Waals surface area contributed by atoms with Crippen LogP contribution in [0.2, 0.25) is 0 Å². The zero-order chi connectivity index (χ0) is 10.8. The Morgan fingerprint density at radius 1 is 1.53 bits per heavy atom. The molecule has 1 aliphatic rings. The molecule has 0 radical (unpaired) electrons. The number of carboxylic acids is 1. The van der Waals surface area contributed by atoms with E-state index in [0.717, 1.165) is 0 Å². The molecular weight excluding hydrogens is 194 g/mol. The summed E-state index contributed by atoms with van der Waals surface area (Å²) in [5.74, 6) is 0.255. The molecule has 1 aliphatic carbocycles. The van der Waals surface area contributed by atoms with Crippen LogP contribution < -0.4 is 10.5 Å². The maximum Gasteiger partial charge on any atom is 0.335 e.